The van der Waals surface area contributed by atoms with E-state index in [1.54, 1.807) is 6.20 Å². The van der Waals surface area contributed by atoms with Crippen LogP contribution in [0, 0.1) is 12.8 Å². The van der Waals surface area contributed by atoms with Crippen molar-refractivity contribution >= 4 is 11.6 Å². The van der Waals surface area contributed by atoms with Gasteiger partial charge in [-0.05, 0) is 37.1 Å². The fraction of sp³-hybridized carbons (Fsp3) is 0.400. The molecule has 1 heterocycles. The molecule has 1 aromatic carbocycles. The maximum Gasteiger partial charge on any atom is 0.208 e. The smallest absolute Gasteiger partial charge is 0.208 e. The van der Waals surface area contributed by atoms with Gasteiger partial charge in [0.2, 0.25) is 5.89 Å². The minimum atomic E-state index is 0.615. The topological polar surface area (TPSA) is 38.1 Å². The third-order valence-electron chi connectivity index (χ3n) is 2.85. The second kappa shape index (κ2) is 6.22. The maximum absolute atomic E-state index is 6.02. The predicted molar refractivity (Wildman–Crippen MR) is 78.2 cm³/mol. The van der Waals surface area contributed by atoms with Crippen LogP contribution in [-0.2, 0) is 6.54 Å². The predicted octanol–water partition coefficient (Wildman–Crippen LogP) is 4.05. The molecule has 0 fully saturated rings. The van der Waals surface area contributed by atoms with Crippen LogP contribution in [0.5, 0.6) is 0 Å². The van der Waals surface area contributed by atoms with Crippen molar-refractivity contribution in [3.05, 3.63) is 40.9 Å². The van der Waals surface area contributed by atoms with Crippen molar-refractivity contribution in [2.75, 3.05) is 6.54 Å². The summed E-state index contributed by atoms with van der Waals surface area (Å²) < 4.78 is 5.76. The zero-order valence-electron chi connectivity index (χ0n) is 11.5. The summed E-state index contributed by atoms with van der Waals surface area (Å²) in [6.45, 7) is 7.98. The molecule has 0 radical (unpaired) electrons. The fourth-order valence-corrected chi connectivity index (χ4v) is 2.02. The number of aryl methyl sites for hydroxylation is 1. The Morgan fingerprint density at radius 1 is 1.37 bits per heavy atom. The maximum atomic E-state index is 6.02. The largest absolute Gasteiger partial charge is 0.439 e. The lowest BCUT2D eigenvalue weighted by Crippen LogP contribution is -2.18. The third-order valence-corrected chi connectivity index (χ3v) is 3.08. The molecule has 0 unspecified atom stereocenters. The van der Waals surface area contributed by atoms with Crippen molar-refractivity contribution in [1.82, 2.24) is 10.3 Å². The average Bonchev–Trinajstić information content (AvgIpc) is 2.80. The molecule has 0 saturated heterocycles. The summed E-state index contributed by atoms with van der Waals surface area (Å²) in [6.07, 6.45) is 1.76. The highest BCUT2D eigenvalue weighted by Gasteiger charge is 2.09. The van der Waals surface area contributed by atoms with Gasteiger partial charge in [-0.3, -0.25) is 0 Å². The molecule has 0 aliphatic rings. The molecule has 0 aliphatic heterocycles. The van der Waals surface area contributed by atoms with Gasteiger partial charge in [-0.25, -0.2) is 4.98 Å². The van der Waals surface area contributed by atoms with E-state index in [-0.39, 0.29) is 0 Å². The van der Waals surface area contributed by atoms with E-state index in [1.165, 1.54) is 0 Å². The first kappa shape index (κ1) is 14.1. The Kier molecular flexibility index (Phi) is 4.61. The lowest BCUT2D eigenvalue weighted by atomic mass is 10.1. The molecule has 0 bridgehead atoms. The fourth-order valence-electron chi connectivity index (χ4n) is 1.84. The van der Waals surface area contributed by atoms with Gasteiger partial charge in [-0.1, -0.05) is 31.5 Å². The van der Waals surface area contributed by atoms with E-state index < -0.39 is 0 Å². The Balaban J connectivity index is 2.10. The Bertz CT molecular complexity index is 549. The molecule has 3 nitrogen and oxygen atoms in total. The second-order valence-electron chi connectivity index (χ2n) is 5.10. The summed E-state index contributed by atoms with van der Waals surface area (Å²) in [5.74, 6) is 2.08. The van der Waals surface area contributed by atoms with Gasteiger partial charge in [0, 0.05) is 10.6 Å². The third kappa shape index (κ3) is 3.82. The molecule has 2 aromatic rings. The van der Waals surface area contributed by atoms with Gasteiger partial charge in [0.15, 0.2) is 5.76 Å². The van der Waals surface area contributed by atoms with E-state index in [1.807, 2.05) is 25.1 Å². The zero-order valence-corrected chi connectivity index (χ0v) is 12.3. The molecular weight excluding hydrogens is 260 g/mol. The summed E-state index contributed by atoms with van der Waals surface area (Å²) in [7, 11) is 0. The van der Waals surface area contributed by atoms with Crippen LogP contribution in [0.15, 0.2) is 28.8 Å². The molecule has 0 atom stereocenters. The minimum Gasteiger partial charge on any atom is -0.439 e. The van der Waals surface area contributed by atoms with Gasteiger partial charge in [-0.15, -0.1) is 0 Å². The van der Waals surface area contributed by atoms with Crippen LogP contribution >= 0.6 is 11.6 Å². The van der Waals surface area contributed by atoms with Crippen LogP contribution in [0.4, 0.5) is 0 Å². The lowest BCUT2D eigenvalue weighted by Gasteiger charge is -2.05. The van der Waals surface area contributed by atoms with Crippen LogP contribution in [-0.4, -0.2) is 11.5 Å². The highest BCUT2D eigenvalue weighted by molar-refractivity contribution is 6.30. The molecule has 1 aromatic heterocycles. The average molecular weight is 279 g/mol. The normalized spacial score (nSPS) is 11.2. The van der Waals surface area contributed by atoms with Gasteiger partial charge >= 0.3 is 0 Å². The quantitative estimate of drug-likeness (QED) is 0.897. The number of aromatic nitrogens is 1. The Morgan fingerprint density at radius 2 is 2.16 bits per heavy atom. The van der Waals surface area contributed by atoms with Crippen molar-refractivity contribution in [3.8, 4) is 11.3 Å². The number of benzene rings is 1. The summed E-state index contributed by atoms with van der Waals surface area (Å²) >= 11 is 6.02. The lowest BCUT2D eigenvalue weighted by molar-refractivity contribution is 0.459. The van der Waals surface area contributed by atoms with E-state index in [2.05, 4.69) is 24.1 Å². The van der Waals surface area contributed by atoms with Crippen LogP contribution in [0.1, 0.15) is 25.3 Å². The molecule has 19 heavy (non-hydrogen) atoms. The molecule has 0 saturated carbocycles. The summed E-state index contributed by atoms with van der Waals surface area (Å²) in [4.78, 5) is 4.29. The van der Waals surface area contributed by atoms with Crippen LogP contribution < -0.4 is 5.32 Å². The van der Waals surface area contributed by atoms with Crippen molar-refractivity contribution in [3.63, 3.8) is 0 Å². The molecular formula is C15H19ClN2O. The van der Waals surface area contributed by atoms with Crippen molar-refractivity contribution in [2.24, 2.45) is 5.92 Å². The first-order chi connectivity index (χ1) is 9.06. The number of hydrogen-bond donors (Lipinski definition) is 1. The standard InChI is InChI=1S/C15H19ClN2O/c1-10(2)7-17-9-15-18-8-14(19-15)13-6-12(16)5-4-11(13)3/h4-6,8,10,17H,7,9H2,1-3H3. The summed E-state index contributed by atoms with van der Waals surface area (Å²) in [5, 5.41) is 4.01. The van der Waals surface area contributed by atoms with E-state index in [4.69, 9.17) is 16.0 Å². The number of halogens is 1. The van der Waals surface area contributed by atoms with E-state index in [0.717, 1.165) is 23.4 Å². The first-order valence-electron chi connectivity index (χ1n) is 6.48. The van der Waals surface area contributed by atoms with Gasteiger partial charge < -0.3 is 9.73 Å². The molecule has 2 rings (SSSR count). The van der Waals surface area contributed by atoms with Gasteiger partial charge in [-0.2, -0.15) is 0 Å². The Labute approximate surface area is 119 Å². The van der Waals surface area contributed by atoms with Gasteiger partial charge in [0.25, 0.3) is 0 Å². The zero-order chi connectivity index (χ0) is 13.8. The minimum absolute atomic E-state index is 0.615. The first-order valence-corrected chi connectivity index (χ1v) is 6.86. The Morgan fingerprint density at radius 3 is 2.89 bits per heavy atom. The van der Waals surface area contributed by atoms with Crippen molar-refractivity contribution < 1.29 is 4.42 Å². The van der Waals surface area contributed by atoms with E-state index in [9.17, 15) is 0 Å². The highest BCUT2D eigenvalue weighted by Crippen LogP contribution is 2.27. The van der Waals surface area contributed by atoms with Crippen molar-refractivity contribution in [1.29, 1.82) is 0 Å². The molecule has 0 aliphatic carbocycles. The van der Waals surface area contributed by atoms with E-state index >= 15 is 0 Å². The van der Waals surface area contributed by atoms with E-state index in [0.29, 0.717) is 23.4 Å². The van der Waals surface area contributed by atoms with Crippen LogP contribution in [0.25, 0.3) is 11.3 Å². The second-order valence-corrected chi connectivity index (χ2v) is 5.54. The summed E-state index contributed by atoms with van der Waals surface area (Å²) in [6, 6.07) is 5.77. The van der Waals surface area contributed by atoms with Gasteiger partial charge in [0.1, 0.15) is 0 Å². The number of nitrogens with one attached hydrogen (secondary N) is 1. The van der Waals surface area contributed by atoms with Crippen molar-refractivity contribution in [2.45, 2.75) is 27.3 Å². The monoisotopic (exact) mass is 278 g/mol. The van der Waals surface area contributed by atoms with Crippen LogP contribution in [0.2, 0.25) is 5.02 Å². The number of rotatable bonds is 5. The molecule has 0 amide bonds. The number of oxazole rings is 1. The number of nitrogens with zero attached hydrogens (tertiary/aromatic N) is 1. The summed E-state index contributed by atoms with van der Waals surface area (Å²) in [5.41, 5.74) is 2.12. The Hall–Kier alpha value is -1.32. The number of hydrogen-bond acceptors (Lipinski definition) is 3. The molecule has 0 spiro atoms. The van der Waals surface area contributed by atoms with Crippen LogP contribution in [0.3, 0.4) is 0 Å². The molecule has 1 N–H and O–H groups in total. The SMILES string of the molecule is Cc1ccc(Cl)cc1-c1cnc(CNCC(C)C)o1. The van der Waals surface area contributed by atoms with Gasteiger partial charge in [0.05, 0.1) is 12.7 Å². The molecule has 4 heteroatoms. The highest BCUT2D eigenvalue weighted by atomic mass is 35.5. The molecule has 102 valence electrons.